The molecule has 0 bridgehead atoms. The first-order valence-corrected chi connectivity index (χ1v) is 6.07. The zero-order chi connectivity index (χ0) is 12.4. The third-order valence-electron chi connectivity index (χ3n) is 3.48. The lowest BCUT2D eigenvalue weighted by atomic mass is 9.97. The third kappa shape index (κ3) is 3.05. The average molecular weight is 238 g/mol. The van der Waals surface area contributed by atoms with Crippen LogP contribution in [0.15, 0.2) is 18.2 Å². The van der Waals surface area contributed by atoms with E-state index in [9.17, 15) is 9.50 Å². The zero-order valence-electron chi connectivity index (χ0n) is 10.3. The van der Waals surface area contributed by atoms with Crippen LogP contribution in [0, 0.1) is 18.7 Å². The molecule has 0 heterocycles. The second-order valence-electron chi connectivity index (χ2n) is 4.88. The van der Waals surface area contributed by atoms with Crippen LogP contribution in [-0.4, -0.2) is 24.4 Å². The van der Waals surface area contributed by atoms with Crippen LogP contribution in [0.3, 0.4) is 0 Å². The molecule has 1 fully saturated rings. The van der Waals surface area contributed by atoms with Crippen LogP contribution in [0.2, 0.25) is 0 Å². The van der Waals surface area contributed by atoms with E-state index < -0.39 is 6.10 Å². The fourth-order valence-electron chi connectivity index (χ4n) is 2.29. The maximum atomic E-state index is 13.1. The van der Waals surface area contributed by atoms with Gasteiger partial charge in [-0.05, 0) is 48.9 Å². The summed E-state index contributed by atoms with van der Waals surface area (Å²) in [5.41, 5.74) is 1.87. The Morgan fingerprint density at radius 2 is 2.18 bits per heavy atom. The van der Waals surface area contributed by atoms with Crippen molar-refractivity contribution in [3.05, 3.63) is 35.1 Å². The summed E-state index contributed by atoms with van der Waals surface area (Å²) in [6.07, 6.45) is 2.04. The van der Waals surface area contributed by atoms with Gasteiger partial charge in [-0.15, -0.1) is 0 Å². The first kappa shape index (κ1) is 12.5. The summed E-state index contributed by atoms with van der Waals surface area (Å²) < 4.78 is 18.5. The molecule has 0 aliphatic heterocycles. The number of aliphatic hydroxyl groups is 1. The van der Waals surface area contributed by atoms with Crippen molar-refractivity contribution < 1.29 is 14.2 Å². The Bertz CT molecular complexity index is 388. The van der Waals surface area contributed by atoms with E-state index in [2.05, 4.69) is 0 Å². The van der Waals surface area contributed by atoms with Crippen LogP contribution < -0.4 is 0 Å². The van der Waals surface area contributed by atoms with Crippen molar-refractivity contribution in [3.63, 3.8) is 0 Å². The molecular weight excluding hydrogens is 219 g/mol. The van der Waals surface area contributed by atoms with Crippen molar-refractivity contribution in [2.24, 2.45) is 5.92 Å². The Balaban J connectivity index is 2.05. The lowest BCUT2D eigenvalue weighted by Crippen LogP contribution is -2.32. The van der Waals surface area contributed by atoms with Crippen molar-refractivity contribution >= 4 is 0 Å². The summed E-state index contributed by atoms with van der Waals surface area (Å²) in [7, 11) is 1.63. The Hall–Kier alpha value is -0.930. The fraction of sp³-hybridized carbons (Fsp3) is 0.571. The van der Waals surface area contributed by atoms with Crippen molar-refractivity contribution in [2.75, 3.05) is 7.11 Å². The summed E-state index contributed by atoms with van der Waals surface area (Å²) >= 11 is 0. The molecule has 3 heteroatoms. The molecule has 0 radical (unpaired) electrons. The van der Waals surface area contributed by atoms with Crippen LogP contribution in [0.1, 0.15) is 24.0 Å². The summed E-state index contributed by atoms with van der Waals surface area (Å²) in [5.74, 6) is 0.224. The van der Waals surface area contributed by atoms with E-state index in [0.717, 1.165) is 24.0 Å². The Morgan fingerprint density at radius 1 is 1.47 bits per heavy atom. The zero-order valence-corrected chi connectivity index (χ0v) is 10.3. The van der Waals surface area contributed by atoms with E-state index in [1.807, 2.05) is 6.92 Å². The molecule has 2 unspecified atom stereocenters. The maximum absolute atomic E-state index is 13.1. The normalized spacial score (nSPS) is 19.1. The molecule has 2 atom stereocenters. The van der Waals surface area contributed by atoms with Crippen LogP contribution in [-0.2, 0) is 11.2 Å². The van der Waals surface area contributed by atoms with Gasteiger partial charge in [0.15, 0.2) is 0 Å². The van der Waals surface area contributed by atoms with Gasteiger partial charge in [0.2, 0.25) is 0 Å². The second kappa shape index (κ2) is 5.15. The smallest absolute Gasteiger partial charge is 0.123 e. The van der Waals surface area contributed by atoms with Gasteiger partial charge < -0.3 is 9.84 Å². The highest BCUT2D eigenvalue weighted by Crippen LogP contribution is 2.36. The Kier molecular flexibility index (Phi) is 3.79. The first-order chi connectivity index (χ1) is 8.11. The first-order valence-electron chi connectivity index (χ1n) is 6.07. The number of rotatable bonds is 5. The van der Waals surface area contributed by atoms with E-state index in [1.54, 1.807) is 13.2 Å². The molecule has 1 aliphatic carbocycles. The highest BCUT2D eigenvalue weighted by molar-refractivity contribution is 5.27. The van der Waals surface area contributed by atoms with Crippen LogP contribution >= 0.6 is 0 Å². The maximum Gasteiger partial charge on any atom is 0.123 e. The fourth-order valence-corrected chi connectivity index (χ4v) is 2.29. The number of benzene rings is 1. The Labute approximate surface area is 101 Å². The van der Waals surface area contributed by atoms with Crippen molar-refractivity contribution in [1.29, 1.82) is 0 Å². The number of aryl methyl sites for hydroxylation is 1. The molecule has 2 rings (SSSR count). The van der Waals surface area contributed by atoms with Crippen LogP contribution in [0.25, 0.3) is 0 Å². The van der Waals surface area contributed by atoms with Crippen molar-refractivity contribution in [1.82, 2.24) is 0 Å². The van der Waals surface area contributed by atoms with Gasteiger partial charge in [0.05, 0.1) is 12.2 Å². The van der Waals surface area contributed by atoms with Gasteiger partial charge in [0, 0.05) is 13.5 Å². The molecule has 1 N–H and O–H groups in total. The molecule has 0 amide bonds. The number of ether oxygens (including phenoxy) is 1. The van der Waals surface area contributed by atoms with Gasteiger partial charge in [-0.3, -0.25) is 0 Å². The SMILES string of the molecule is COC(C(O)Cc1cc(F)ccc1C)C1CC1. The van der Waals surface area contributed by atoms with Gasteiger partial charge in [-0.2, -0.15) is 0 Å². The minimum absolute atomic E-state index is 0.113. The van der Waals surface area contributed by atoms with Gasteiger partial charge >= 0.3 is 0 Å². The average Bonchev–Trinajstić information content (AvgIpc) is 3.09. The van der Waals surface area contributed by atoms with Gasteiger partial charge in [-0.25, -0.2) is 4.39 Å². The number of hydrogen-bond donors (Lipinski definition) is 1. The van der Waals surface area contributed by atoms with E-state index >= 15 is 0 Å². The lowest BCUT2D eigenvalue weighted by molar-refractivity contribution is -0.0238. The highest BCUT2D eigenvalue weighted by atomic mass is 19.1. The monoisotopic (exact) mass is 238 g/mol. The lowest BCUT2D eigenvalue weighted by Gasteiger charge is -2.22. The summed E-state index contributed by atoms with van der Waals surface area (Å²) in [6.45, 7) is 1.93. The van der Waals surface area contributed by atoms with Gasteiger partial charge in [0.25, 0.3) is 0 Å². The number of aliphatic hydroxyl groups excluding tert-OH is 1. The van der Waals surface area contributed by atoms with Crippen LogP contribution in [0.5, 0.6) is 0 Å². The topological polar surface area (TPSA) is 29.5 Å². The molecule has 1 saturated carbocycles. The molecule has 0 saturated heterocycles. The van der Waals surface area contributed by atoms with Gasteiger partial charge in [0.1, 0.15) is 5.82 Å². The summed E-state index contributed by atoms with van der Waals surface area (Å²) in [5, 5.41) is 10.1. The van der Waals surface area contributed by atoms with E-state index in [-0.39, 0.29) is 11.9 Å². The van der Waals surface area contributed by atoms with Crippen LogP contribution in [0.4, 0.5) is 4.39 Å². The standard InChI is InChI=1S/C14H19FO2/c1-9-3-6-12(15)7-11(9)8-13(16)14(17-2)10-4-5-10/h3,6-7,10,13-14,16H,4-5,8H2,1-2H3. The summed E-state index contributed by atoms with van der Waals surface area (Å²) in [6, 6.07) is 4.69. The molecule has 1 aliphatic rings. The number of methoxy groups -OCH3 is 1. The molecule has 0 aromatic heterocycles. The van der Waals surface area contributed by atoms with Crippen molar-refractivity contribution in [3.8, 4) is 0 Å². The largest absolute Gasteiger partial charge is 0.390 e. The molecule has 94 valence electrons. The molecular formula is C14H19FO2. The predicted octanol–water partition coefficient (Wildman–Crippen LogP) is 2.46. The number of hydrogen-bond acceptors (Lipinski definition) is 2. The second-order valence-corrected chi connectivity index (χ2v) is 4.88. The molecule has 2 nitrogen and oxygen atoms in total. The van der Waals surface area contributed by atoms with E-state index in [0.29, 0.717) is 12.3 Å². The highest BCUT2D eigenvalue weighted by Gasteiger charge is 2.36. The van der Waals surface area contributed by atoms with E-state index in [4.69, 9.17) is 4.74 Å². The van der Waals surface area contributed by atoms with E-state index in [1.165, 1.54) is 12.1 Å². The molecule has 1 aromatic rings. The predicted molar refractivity (Wildman–Crippen MR) is 64.4 cm³/mol. The van der Waals surface area contributed by atoms with Crippen molar-refractivity contribution in [2.45, 2.75) is 38.4 Å². The Morgan fingerprint density at radius 3 is 2.76 bits per heavy atom. The molecule has 17 heavy (non-hydrogen) atoms. The minimum Gasteiger partial charge on any atom is -0.390 e. The number of halogens is 1. The third-order valence-corrected chi connectivity index (χ3v) is 3.48. The minimum atomic E-state index is -0.548. The molecule has 0 spiro atoms. The summed E-state index contributed by atoms with van der Waals surface area (Å²) in [4.78, 5) is 0. The quantitative estimate of drug-likeness (QED) is 0.854. The molecule has 1 aromatic carbocycles. The van der Waals surface area contributed by atoms with Gasteiger partial charge in [-0.1, -0.05) is 6.07 Å².